The maximum Gasteiger partial charge on any atom is 0.255 e. The van der Waals surface area contributed by atoms with Gasteiger partial charge in [0.05, 0.1) is 18.5 Å². The van der Waals surface area contributed by atoms with Crippen molar-refractivity contribution in [2.75, 3.05) is 11.9 Å². The second kappa shape index (κ2) is 5.36. The molecular formula is C15H17N3O2. The van der Waals surface area contributed by atoms with Gasteiger partial charge in [0.15, 0.2) is 0 Å². The molecule has 0 spiro atoms. The van der Waals surface area contributed by atoms with Gasteiger partial charge in [-0.3, -0.25) is 9.48 Å². The second-order valence-electron chi connectivity index (χ2n) is 5.14. The molecule has 1 amide bonds. The lowest BCUT2D eigenvalue weighted by Gasteiger charge is -2.06. The predicted octanol–water partition coefficient (Wildman–Crippen LogP) is 2.46. The van der Waals surface area contributed by atoms with Gasteiger partial charge in [0.25, 0.3) is 5.91 Å². The first kappa shape index (κ1) is 12.7. The van der Waals surface area contributed by atoms with Crippen LogP contribution in [0.4, 0.5) is 5.69 Å². The average Bonchev–Trinajstić information content (AvgIpc) is 3.20. The normalized spacial score (nSPS) is 14.1. The number of nitrogens with one attached hydrogen (secondary N) is 1. The summed E-state index contributed by atoms with van der Waals surface area (Å²) in [6, 6.07) is 7.21. The van der Waals surface area contributed by atoms with Crippen molar-refractivity contribution >= 4 is 11.6 Å². The SMILES string of the molecule is Cn1cc(NC(=O)c2ccc(OCC3CC3)cc2)cn1. The molecule has 1 N–H and O–H groups in total. The number of aromatic nitrogens is 2. The maximum absolute atomic E-state index is 12.0. The molecule has 20 heavy (non-hydrogen) atoms. The van der Waals surface area contributed by atoms with Crippen molar-refractivity contribution in [3.63, 3.8) is 0 Å². The molecule has 1 fully saturated rings. The third kappa shape index (κ3) is 3.17. The first-order valence-corrected chi connectivity index (χ1v) is 6.73. The van der Waals surface area contributed by atoms with Gasteiger partial charge in [-0.25, -0.2) is 0 Å². The van der Waals surface area contributed by atoms with Crippen molar-refractivity contribution in [3.8, 4) is 5.75 Å². The summed E-state index contributed by atoms with van der Waals surface area (Å²) in [6.45, 7) is 0.779. The van der Waals surface area contributed by atoms with E-state index in [2.05, 4.69) is 10.4 Å². The summed E-state index contributed by atoms with van der Waals surface area (Å²) >= 11 is 0. The third-order valence-electron chi connectivity index (χ3n) is 3.26. The Bertz CT molecular complexity index is 600. The summed E-state index contributed by atoms with van der Waals surface area (Å²) in [7, 11) is 1.81. The summed E-state index contributed by atoms with van der Waals surface area (Å²) in [5.41, 5.74) is 1.29. The first-order valence-electron chi connectivity index (χ1n) is 6.73. The van der Waals surface area contributed by atoms with E-state index in [1.54, 1.807) is 29.2 Å². The van der Waals surface area contributed by atoms with Gasteiger partial charge in [0, 0.05) is 18.8 Å². The number of carbonyl (C=O) groups excluding carboxylic acids is 1. The van der Waals surface area contributed by atoms with E-state index in [0.717, 1.165) is 18.3 Å². The number of nitrogens with zero attached hydrogens (tertiary/aromatic N) is 2. The van der Waals surface area contributed by atoms with Crippen LogP contribution in [0.2, 0.25) is 0 Å². The Labute approximate surface area is 117 Å². The van der Waals surface area contributed by atoms with E-state index in [0.29, 0.717) is 11.3 Å². The number of aryl methyl sites for hydroxylation is 1. The van der Waals surface area contributed by atoms with Crippen LogP contribution < -0.4 is 10.1 Å². The van der Waals surface area contributed by atoms with Crippen molar-refractivity contribution in [1.82, 2.24) is 9.78 Å². The number of benzene rings is 1. The molecule has 0 bridgehead atoms. The summed E-state index contributed by atoms with van der Waals surface area (Å²) in [4.78, 5) is 12.0. The molecule has 0 radical (unpaired) electrons. The van der Waals surface area contributed by atoms with Crippen LogP contribution in [-0.4, -0.2) is 22.3 Å². The number of rotatable bonds is 5. The fourth-order valence-corrected chi connectivity index (χ4v) is 1.89. The lowest BCUT2D eigenvalue weighted by Crippen LogP contribution is -2.11. The standard InChI is InChI=1S/C15H17N3O2/c1-18-9-13(8-16-18)17-15(19)12-4-6-14(7-5-12)20-10-11-2-3-11/h4-9,11H,2-3,10H2,1H3,(H,17,19). The number of hydrogen-bond acceptors (Lipinski definition) is 3. The average molecular weight is 271 g/mol. The molecule has 0 aliphatic heterocycles. The van der Waals surface area contributed by atoms with Gasteiger partial charge in [-0.2, -0.15) is 5.10 Å². The topological polar surface area (TPSA) is 56.2 Å². The van der Waals surface area contributed by atoms with E-state index < -0.39 is 0 Å². The highest BCUT2D eigenvalue weighted by Gasteiger charge is 2.21. The van der Waals surface area contributed by atoms with Crippen molar-refractivity contribution in [1.29, 1.82) is 0 Å². The maximum atomic E-state index is 12.0. The van der Waals surface area contributed by atoms with Crippen LogP contribution in [0.25, 0.3) is 0 Å². The molecule has 1 saturated carbocycles. The van der Waals surface area contributed by atoms with Crippen molar-refractivity contribution in [3.05, 3.63) is 42.2 Å². The Balaban J connectivity index is 1.59. The van der Waals surface area contributed by atoms with Crippen LogP contribution in [0.3, 0.4) is 0 Å². The zero-order valence-corrected chi connectivity index (χ0v) is 11.4. The summed E-state index contributed by atoms with van der Waals surface area (Å²) < 4.78 is 7.28. The lowest BCUT2D eigenvalue weighted by atomic mass is 10.2. The first-order chi connectivity index (χ1) is 9.70. The lowest BCUT2D eigenvalue weighted by molar-refractivity contribution is 0.102. The molecule has 104 valence electrons. The van der Waals surface area contributed by atoms with Crippen LogP contribution >= 0.6 is 0 Å². The molecule has 1 aliphatic rings. The molecule has 5 heteroatoms. The highest BCUT2D eigenvalue weighted by atomic mass is 16.5. The second-order valence-corrected chi connectivity index (χ2v) is 5.14. The molecule has 0 saturated heterocycles. The van der Waals surface area contributed by atoms with Gasteiger partial charge in [0.2, 0.25) is 0 Å². The van der Waals surface area contributed by atoms with Gasteiger partial charge in [-0.15, -0.1) is 0 Å². The quantitative estimate of drug-likeness (QED) is 0.908. The van der Waals surface area contributed by atoms with Crippen molar-refractivity contribution in [2.24, 2.45) is 13.0 Å². The molecule has 5 nitrogen and oxygen atoms in total. The minimum Gasteiger partial charge on any atom is -0.493 e. The predicted molar refractivity (Wildman–Crippen MR) is 75.8 cm³/mol. The molecule has 0 atom stereocenters. The fraction of sp³-hybridized carbons (Fsp3) is 0.333. The van der Waals surface area contributed by atoms with E-state index in [1.165, 1.54) is 12.8 Å². The van der Waals surface area contributed by atoms with Crippen molar-refractivity contribution in [2.45, 2.75) is 12.8 Å². The van der Waals surface area contributed by atoms with Gasteiger partial charge in [0.1, 0.15) is 5.75 Å². The summed E-state index contributed by atoms with van der Waals surface area (Å²) in [5, 5.41) is 6.80. The smallest absolute Gasteiger partial charge is 0.255 e. The van der Waals surface area contributed by atoms with E-state index in [9.17, 15) is 4.79 Å². The van der Waals surface area contributed by atoms with E-state index in [1.807, 2.05) is 19.2 Å². The molecule has 1 aromatic heterocycles. The Morgan fingerprint density at radius 1 is 1.40 bits per heavy atom. The zero-order valence-electron chi connectivity index (χ0n) is 11.4. The van der Waals surface area contributed by atoms with Crippen molar-refractivity contribution < 1.29 is 9.53 Å². The minimum absolute atomic E-state index is 0.147. The number of anilines is 1. The van der Waals surface area contributed by atoms with Crippen LogP contribution in [0.1, 0.15) is 23.2 Å². The van der Waals surface area contributed by atoms with E-state index in [4.69, 9.17) is 4.74 Å². The molecule has 2 aromatic rings. The van der Waals surface area contributed by atoms with Gasteiger partial charge >= 0.3 is 0 Å². The highest BCUT2D eigenvalue weighted by molar-refractivity contribution is 6.04. The van der Waals surface area contributed by atoms with E-state index in [-0.39, 0.29) is 5.91 Å². The number of carbonyl (C=O) groups is 1. The largest absolute Gasteiger partial charge is 0.493 e. The number of amides is 1. The number of hydrogen-bond donors (Lipinski definition) is 1. The molecule has 3 rings (SSSR count). The summed E-state index contributed by atoms with van der Waals surface area (Å²) in [5.74, 6) is 1.39. The van der Waals surface area contributed by atoms with E-state index >= 15 is 0 Å². The monoisotopic (exact) mass is 271 g/mol. The number of ether oxygens (including phenoxy) is 1. The molecule has 1 aromatic carbocycles. The Morgan fingerprint density at radius 2 is 2.15 bits per heavy atom. The Kier molecular flexibility index (Phi) is 3.41. The third-order valence-corrected chi connectivity index (χ3v) is 3.26. The zero-order chi connectivity index (χ0) is 13.9. The van der Waals surface area contributed by atoms with Crippen LogP contribution in [0.15, 0.2) is 36.7 Å². The minimum atomic E-state index is -0.147. The summed E-state index contributed by atoms with van der Waals surface area (Å²) in [6.07, 6.45) is 5.91. The van der Waals surface area contributed by atoms with Gasteiger partial charge in [-0.05, 0) is 43.0 Å². The molecule has 1 aliphatic carbocycles. The van der Waals surface area contributed by atoms with Gasteiger partial charge < -0.3 is 10.1 Å². The van der Waals surface area contributed by atoms with Gasteiger partial charge in [-0.1, -0.05) is 0 Å². The van der Waals surface area contributed by atoms with Crippen LogP contribution in [-0.2, 0) is 7.05 Å². The molecule has 0 unspecified atom stereocenters. The molecule has 1 heterocycles. The molecular weight excluding hydrogens is 254 g/mol. The van der Waals surface area contributed by atoms with Crippen LogP contribution in [0.5, 0.6) is 5.75 Å². The Hall–Kier alpha value is -2.30. The fourth-order valence-electron chi connectivity index (χ4n) is 1.89. The highest BCUT2D eigenvalue weighted by Crippen LogP contribution is 2.29. The van der Waals surface area contributed by atoms with Crippen LogP contribution in [0, 0.1) is 5.92 Å². The Morgan fingerprint density at radius 3 is 2.75 bits per heavy atom.